The number of amides is 1. The standard InChI is InChI=1S/C15H13ClF2N2O2/c1-22-13-6-5-9(7-10(13)16)20-14(21)8-19-12-4-2-3-11(17)15(12)18/h2-7,19H,8H2,1H3,(H,20,21). The summed E-state index contributed by atoms with van der Waals surface area (Å²) in [4.78, 5) is 11.8. The molecule has 22 heavy (non-hydrogen) atoms. The minimum atomic E-state index is -1.03. The smallest absolute Gasteiger partial charge is 0.243 e. The van der Waals surface area contributed by atoms with Crippen molar-refractivity contribution >= 4 is 28.9 Å². The van der Waals surface area contributed by atoms with Crippen molar-refractivity contribution in [1.29, 1.82) is 0 Å². The third-order valence-electron chi connectivity index (χ3n) is 2.83. The lowest BCUT2D eigenvalue weighted by molar-refractivity contribution is -0.114. The Hall–Kier alpha value is -2.34. The Bertz CT molecular complexity index is 695. The first-order valence-electron chi connectivity index (χ1n) is 6.32. The number of rotatable bonds is 5. The molecule has 2 aromatic carbocycles. The largest absolute Gasteiger partial charge is 0.495 e. The molecule has 0 aliphatic heterocycles. The zero-order valence-corrected chi connectivity index (χ0v) is 12.4. The number of anilines is 2. The fraction of sp³-hybridized carbons (Fsp3) is 0.133. The van der Waals surface area contributed by atoms with Crippen LogP contribution in [0.15, 0.2) is 36.4 Å². The Morgan fingerprint density at radius 3 is 2.73 bits per heavy atom. The van der Waals surface area contributed by atoms with E-state index in [9.17, 15) is 13.6 Å². The van der Waals surface area contributed by atoms with Crippen LogP contribution in [0, 0.1) is 11.6 Å². The highest BCUT2D eigenvalue weighted by molar-refractivity contribution is 6.32. The Morgan fingerprint density at radius 1 is 1.27 bits per heavy atom. The van der Waals surface area contributed by atoms with Crippen LogP contribution in [-0.4, -0.2) is 19.6 Å². The van der Waals surface area contributed by atoms with E-state index in [-0.39, 0.29) is 12.2 Å². The van der Waals surface area contributed by atoms with Crippen LogP contribution in [0.2, 0.25) is 5.02 Å². The summed E-state index contributed by atoms with van der Waals surface area (Å²) < 4.78 is 31.4. The molecule has 0 heterocycles. The third-order valence-corrected chi connectivity index (χ3v) is 3.12. The van der Waals surface area contributed by atoms with Crippen molar-refractivity contribution in [3.8, 4) is 5.75 Å². The van der Waals surface area contributed by atoms with E-state index in [1.807, 2.05) is 0 Å². The summed E-state index contributed by atoms with van der Waals surface area (Å²) in [5, 5.41) is 5.46. The summed E-state index contributed by atoms with van der Waals surface area (Å²) in [7, 11) is 1.48. The number of hydrogen-bond acceptors (Lipinski definition) is 3. The van der Waals surface area contributed by atoms with Crippen LogP contribution in [0.4, 0.5) is 20.2 Å². The van der Waals surface area contributed by atoms with Crippen LogP contribution < -0.4 is 15.4 Å². The fourth-order valence-corrected chi connectivity index (χ4v) is 2.02. The van der Waals surface area contributed by atoms with Crippen LogP contribution >= 0.6 is 11.6 Å². The maximum atomic E-state index is 13.4. The Labute approximate surface area is 131 Å². The van der Waals surface area contributed by atoms with Crippen molar-refractivity contribution < 1.29 is 18.3 Å². The van der Waals surface area contributed by atoms with Gasteiger partial charge in [0.05, 0.1) is 24.4 Å². The van der Waals surface area contributed by atoms with Gasteiger partial charge in [-0.25, -0.2) is 8.78 Å². The maximum Gasteiger partial charge on any atom is 0.243 e. The van der Waals surface area contributed by atoms with Crippen molar-refractivity contribution in [3.05, 3.63) is 53.1 Å². The van der Waals surface area contributed by atoms with Crippen molar-refractivity contribution in [1.82, 2.24) is 0 Å². The zero-order valence-electron chi connectivity index (χ0n) is 11.6. The van der Waals surface area contributed by atoms with E-state index in [2.05, 4.69) is 10.6 Å². The van der Waals surface area contributed by atoms with E-state index in [0.717, 1.165) is 6.07 Å². The zero-order chi connectivity index (χ0) is 16.1. The molecule has 7 heteroatoms. The molecule has 4 nitrogen and oxygen atoms in total. The molecule has 0 saturated heterocycles. The second-order valence-electron chi connectivity index (χ2n) is 4.35. The molecule has 0 unspecified atom stereocenters. The minimum absolute atomic E-state index is 0.0806. The normalized spacial score (nSPS) is 10.2. The second kappa shape index (κ2) is 7.09. The Kier molecular flexibility index (Phi) is 5.16. The van der Waals surface area contributed by atoms with Crippen LogP contribution in [0.1, 0.15) is 0 Å². The number of hydrogen-bond donors (Lipinski definition) is 2. The van der Waals surface area contributed by atoms with Crippen LogP contribution in [0.3, 0.4) is 0 Å². The molecule has 0 aromatic heterocycles. The van der Waals surface area contributed by atoms with Crippen LogP contribution in [0.25, 0.3) is 0 Å². The minimum Gasteiger partial charge on any atom is -0.495 e. The average molecular weight is 327 g/mol. The van der Waals surface area contributed by atoms with Gasteiger partial charge in [0.2, 0.25) is 5.91 Å². The van der Waals surface area contributed by atoms with Crippen molar-refractivity contribution in [2.75, 3.05) is 24.3 Å². The van der Waals surface area contributed by atoms with Gasteiger partial charge in [-0.15, -0.1) is 0 Å². The topological polar surface area (TPSA) is 50.4 Å². The summed E-state index contributed by atoms with van der Waals surface area (Å²) in [6, 6.07) is 8.45. The van der Waals surface area contributed by atoms with Gasteiger partial charge in [0.15, 0.2) is 11.6 Å². The molecule has 0 bridgehead atoms. The van der Waals surface area contributed by atoms with Gasteiger partial charge in [-0.3, -0.25) is 4.79 Å². The molecule has 0 atom stereocenters. The Balaban J connectivity index is 1.96. The first kappa shape index (κ1) is 16.0. The summed E-state index contributed by atoms with van der Waals surface area (Å²) in [6.07, 6.45) is 0. The van der Waals surface area contributed by atoms with Crippen LogP contribution in [-0.2, 0) is 4.79 Å². The monoisotopic (exact) mass is 326 g/mol. The van der Waals surface area contributed by atoms with Crippen molar-refractivity contribution in [3.63, 3.8) is 0 Å². The van der Waals surface area contributed by atoms with Crippen LogP contribution in [0.5, 0.6) is 5.75 Å². The SMILES string of the molecule is COc1ccc(NC(=O)CNc2cccc(F)c2F)cc1Cl. The van der Waals surface area contributed by atoms with Gasteiger partial charge in [-0.1, -0.05) is 17.7 Å². The molecular weight excluding hydrogens is 314 g/mol. The molecule has 2 N–H and O–H groups in total. The quantitative estimate of drug-likeness (QED) is 0.881. The van der Waals surface area contributed by atoms with E-state index in [1.165, 1.54) is 25.3 Å². The summed E-state index contributed by atoms with van der Waals surface area (Å²) >= 11 is 5.94. The molecule has 1 amide bonds. The highest BCUT2D eigenvalue weighted by Gasteiger charge is 2.09. The van der Waals surface area contributed by atoms with Gasteiger partial charge in [0.25, 0.3) is 0 Å². The Morgan fingerprint density at radius 2 is 2.05 bits per heavy atom. The van der Waals surface area contributed by atoms with E-state index >= 15 is 0 Å². The maximum absolute atomic E-state index is 13.4. The number of methoxy groups -OCH3 is 1. The highest BCUT2D eigenvalue weighted by atomic mass is 35.5. The molecule has 0 radical (unpaired) electrons. The molecule has 0 fully saturated rings. The van der Waals surface area contributed by atoms with Gasteiger partial charge in [0, 0.05) is 5.69 Å². The average Bonchev–Trinajstić information content (AvgIpc) is 2.49. The predicted molar refractivity (Wildman–Crippen MR) is 81.5 cm³/mol. The summed E-state index contributed by atoms with van der Waals surface area (Å²) in [5.74, 6) is -1.94. The molecule has 0 aliphatic rings. The first-order valence-corrected chi connectivity index (χ1v) is 6.70. The predicted octanol–water partition coefficient (Wildman–Crippen LogP) is 3.68. The molecule has 0 aliphatic carbocycles. The molecular formula is C15H13ClF2N2O2. The van der Waals surface area contributed by atoms with E-state index in [1.54, 1.807) is 12.1 Å². The molecule has 2 aromatic rings. The number of nitrogens with one attached hydrogen (secondary N) is 2. The number of ether oxygens (including phenoxy) is 1. The lowest BCUT2D eigenvalue weighted by Gasteiger charge is -2.10. The van der Waals surface area contributed by atoms with Gasteiger partial charge < -0.3 is 15.4 Å². The summed E-state index contributed by atoms with van der Waals surface area (Å²) in [5.41, 5.74) is 0.389. The number of benzene rings is 2. The molecule has 0 spiro atoms. The van der Waals surface area contributed by atoms with Gasteiger partial charge in [0.1, 0.15) is 5.75 Å². The highest BCUT2D eigenvalue weighted by Crippen LogP contribution is 2.27. The van der Waals surface area contributed by atoms with E-state index in [0.29, 0.717) is 16.5 Å². The molecule has 116 valence electrons. The number of carbonyl (C=O) groups excluding carboxylic acids is 1. The van der Waals surface area contributed by atoms with E-state index in [4.69, 9.17) is 16.3 Å². The lowest BCUT2D eigenvalue weighted by atomic mass is 10.3. The van der Waals surface area contributed by atoms with E-state index < -0.39 is 17.5 Å². The van der Waals surface area contributed by atoms with Gasteiger partial charge in [-0.2, -0.15) is 0 Å². The van der Waals surface area contributed by atoms with Crippen molar-refractivity contribution in [2.24, 2.45) is 0 Å². The second-order valence-corrected chi connectivity index (χ2v) is 4.76. The van der Waals surface area contributed by atoms with Gasteiger partial charge in [-0.05, 0) is 30.3 Å². The van der Waals surface area contributed by atoms with Gasteiger partial charge >= 0.3 is 0 Å². The molecule has 2 rings (SSSR count). The summed E-state index contributed by atoms with van der Waals surface area (Å²) in [6.45, 7) is -0.218. The fourth-order valence-electron chi connectivity index (χ4n) is 1.77. The number of halogens is 3. The molecule has 0 saturated carbocycles. The van der Waals surface area contributed by atoms with Crippen molar-refractivity contribution in [2.45, 2.75) is 0 Å². The number of carbonyl (C=O) groups is 1. The third kappa shape index (κ3) is 3.85. The first-order chi connectivity index (χ1) is 10.5. The lowest BCUT2D eigenvalue weighted by Crippen LogP contribution is -2.22.